The molecule has 0 spiro atoms. The molecule has 0 atom stereocenters. The van der Waals surface area contributed by atoms with E-state index in [0.29, 0.717) is 10.3 Å². The Morgan fingerprint density at radius 1 is 1.17 bits per heavy atom. The highest BCUT2D eigenvalue weighted by molar-refractivity contribution is 6.34. The van der Waals surface area contributed by atoms with Crippen LogP contribution in [0.3, 0.4) is 0 Å². The van der Waals surface area contributed by atoms with E-state index in [-0.39, 0.29) is 5.95 Å². The predicted octanol–water partition coefficient (Wildman–Crippen LogP) is 3.74. The van der Waals surface area contributed by atoms with E-state index in [0.717, 1.165) is 31.2 Å². The first-order valence-corrected chi connectivity index (χ1v) is 6.72. The smallest absolute Gasteiger partial charge is 0.253 e. The molecule has 0 aliphatic heterocycles. The van der Waals surface area contributed by atoms with Crippen molar-refractivity contribution >= 4 is 35.5 Å². The van der Waals surface area contributed by atoms with Gasteiger partial charge in [0.1, 0.15) is 10.3 Å². The Morgan fingerprint density at radius 2 is 1.78 bits per heavy atom. The molecule has 0 aliphatic carbocycles. The van der Waals surface area contributed by atoms with Crippen molar-refractivity contribution in [2.24, 2.45) is 4.99 Å². The summed E-state index contributed by atoms with van der Waals surface area (Å²) in [5, 5.41) is 0.800. The van der Waals surface area contributed by atoms with E-state index < -0.39 is 0 Å². The summed E-state index contributed by atoms with van der Waals surface area (Å²) in [6.45, 7) is 2.15. The van der Waals surface area contributed by atoms with Crippen LogP contribution in [0.2, 0.25) is 10.3 Å². The summed E-state index contributed by atoms with van der Waals surface area (Å²) in [6, 6.07) is 0. The molecule has 1 heterocycles. The van der Waals surface area contributed by atoms with Crippen molar-refractivity contribution in [2.45, 2.75) is 32.6 Å². The number of hydrogen-bond donors (Lipinski definition) is 0. The van der Waals surface area contributed by atoms with Gasteiger partial charge in [0.25, 0.3) is 5.95 Å². The third-order valence-corrected chi connectivity index (χ3v) is 2.95. The molecule has 6 heteroatoms. The molecular weight excluding hydrogens is 271 g/mol. The predicted molar refractivity (Wildman–Crippen MR) is 77.1 cm³/mol. The molecule has 1 aromatic rings. The third kappa shape index (κ3) is 4.78. The first-order valence-electron chi connectivity index (χ1n) is 5.97. The van der Waals surface area contributed by atoms with Crippen LogP contribution in [0.4, 0.5) is 5.95 Å². The van der Waals surface area contributed by atoms with Gasteiger partial charge in [-0.3, -0.25) is 0 Å². The van der Waals surface area contributed by atoms with E-state index in [9.17, 15) is 0 Å². The molecule has 1 aromatic heterocycles. The highest BCUT2D eigenvalue weighted by Crippen LogP contribution is 2.25. The summed E-state index contributed by atoms with van der Waals surface area (Å²) in [7, 11) is 3.73. The van der Waals surface area contributed by atoms with Gasteiger partial charge in [-0.2, -0.15) is 9.97 Å². The van der Waals surface area contributed by atoms with Crippen molar-refractivity contribution in [3.63, 3.8) is 0 Å². The molecule has 18 heavy (non-hydrogen) atoms. The normalized spacial score (nSPS) is 11.2. The molecule has 4 nitrogen and oxygen atoms in total. The number of halogens is 2. The molecule has 100 valence electrons. The quantitative estimate of drug-likeness (QED) is 0.347. The number of rotatable bonds is 6. The molecule has 0 aromatic carbocycles. The molecule has 1 rings (SSSR count). The highest BCUT2D eigenvalue weighted by Gasteiger charge is 2.10. The van der Waals surface area contributed by atoms with Crippen LogP contribution in [0.5, 0.6) is 0 Å². The van der Waals surface area contributed by atoms with Gasteiger partial charge in [-0.25, -0.2) is 4.99 Å². The maximum Gasteiger partial charge on any atom is 0.253 e. The van der Waals surface area contributed by atoms with Crippen LogP contribution in [0.1, 0.15) is 31.7 Å². The summed E-state index contributed by atoms with van der Waals surface area (Å²) < 4.78 is 0. The van der Waals surface area contributed by atoms with Crippen molar-refractivity contribution in [3.05, 3.63) is 15.9 Å². The minimum Gasteiger partial charge on any atom is -0.369 e. The average molecular weight is 289 g/mol. The van der Waals surface area contributed by atoms with Crippen molar-refractivity contribution in [1.29, 1.82) is 0 Å². The number of nitrogens with zero attached hydrogens (tertiary/aromatic N) is 4. The molecule has 0 aliphatic rings. The number of hydrogen-bond acceptors (Lipinski definition) is 3. The minimum absolute atomic E-state index is 0.290. The maximum absolute atomic E-state index is 6.11. The zero-order chi connectivity index (χ0) is 13.5. The summed E-state index contributed by atoms with van der Waals surface area (Å²) >= 11 is 12.2. The Labute approximate surface area is 118 Å². The second-order valence-corrected chi connectivity index (χ2v) is 4.97. The zero-order valence-electron chi connectivity index (χ0n) is 11.0. The van der Waals surface area contributed by atoms with E-state index in [1.54, 1.807) is 11.2 Å². The largest absolute Gasteiger partial charge is 0.369 e. The van der Waals surface area contributed by atoms with Gasteiger partial charge in [-0.1, -0.05) is 43.0 Å². The Balaban J connectivity index is 2.83. The van der Waals surface area contributed by atoms with Crippen LogP contribution in [0, 0.1) is 0 Å². The third-order valence-electron chi connectivity index (χ3n) is 2.33. The minimum atomic E-state index is 0.290. The van der Waals surface area contributed by atoms with Crippen molar-refractivity contribution in [3.8, 4) is 0 Å². The molecule has 0 amide bonds. The molecular formula is C12H18Cl2N4. The van der Waals surface area contributed by atoms with E-state index in [1.165, 1.54) is 0 Å². The molecule has 0 saturated carbocycles. The summed E-state index contributed by atoms with van der Waals surface area (Å²) in [4.78, 5) is 14.1. The maximum atomic E-state index is 6.11. The SMILES string of the molecule is CCCCCc1c(Cl)nc(N=CN(C)C)nc1Cl. The second-order valence-electron chi connectivity index (χ2n) is 4.25. The van der Waals surface area contributed by atoms with Crippen molar-refractivity contribution in [1.82, 2.24) is 14.9 Å². The summed E-state index contributed by atoms with van der Waals surface area (Å²) in [5.41, 5.74) is 0.815. The molecule has 0 saturated heterocycles. The lowest BCUT2D eigenvalue weighted by Gasteiger charge is -2.06. The van der Waals surface area contributed by atoms with Gasteiger partial charge < -0.3 is 4.90 Å². The molecule has 0 unspecified atom stereocenters. The lowest BCUT2D eigenvalue weighted by atomic mass is 10.1. The van der Waals surface area contributed by atoms with Gasteiger partial charge in [0.2, 0.25) is 0 Å². The van der Waals surface area contributed by atoms with Gasteiger partial charge >= 0.3 is 0 Å². The molecule has 0 radical (unpaired) electrons. The van der Waals surface area contributed by atoms with Gasteiger partial charge in [0, 0.05) is 19.7 Å². The molecule has 0 fully saturated rings. The first kappa shape index (κ1) is 15.2. The fraction of sp³-hybridized carbons (Fsp3) is 0.583. The fourth-order valence-corrected chi connectivity index (χ4v) is 1.97. The Hall–Kier alpha value is -0.870. The van der Waals surface area contributed by atoms with E-state index in [2.05, 4.69) is 21.9 Å². The van der Waals surface area contributed by atoms with Gasteiger partial charge in [0.05, 0.1) is 6.34 Å². The van der Waals surface area contributed by atoms with Crippen LogP contribution in [0.25, 0.3) is 0 Å². The number of aromatic nitrogens is 2. The zero-order valence-corrected chi connectivity index (χ0v) is 12.5. The van der Waals surface area contributed by atoms with Crippen molar-refractivity contribution < 1.29 is 0 Å². The fourth-order valence-electron chi connectivity index (χ4n) is 1.40. The Kier molecular flexibility index (Phi) is 6.36. The van der Waals surface area contributed by atoms with E-state index >= 15 is 0 Å². The summed E-state index contributed by atoms with van der Waals surface area (Å²) in [5.74, 6) is 0.290. The van der Waals surface area contributed by atoms with E-state index in [1.807, 2.05) is 14.1 Å². The second kappa shape index (κ2) is 7.54. The van der Waals surface area contributed by atoms with Crippen molar-refractivity contribution in [2.75, 3.05) is 14.1 Å². The van der Waals surface area contributed by atoms with Crippen LogP contribution < -0.4 is 0 Å². The monoisotopic (exact) mass is 288 g/mol. The standard InChI is InChI=1S/C12H18Cl2N4/c1-4-5-6-7-9-10(13)16-12(17-11(9)14)15-8-18(2)3/h8H,4-7H2,1-3H3. The lowest BCUT2D eigenvalue weighted by molar-refractivity contribution is 0.642. The lowest BCUT2D eigenvalue weighted by Crippen LogP contribution is -2.07. The summed E-state index contributed by atoms with van der Waals surface area (Å²) in [6.07, 6.45) is 5.76. The number of aliphatic imine (C=N–C) groups is 1. The average Bonchev–Trinajstić information content (AvgIpc) is 2.30. The number of unbranched alkanes of at least 4 members (excludes halogenated alkanes) is 2. The first-order chi connectivity index (χ1) is 8.54. The van der Waals surface area contributed by atoms with Crippen LogP contribution in [0.15, 0.2) is 4.99 Å². The van der Waals surface area contributed by atoms with Gasteiger partial charge in [0.15, 0.2) is 0 Å². The molecule has 0 N–H and O–H groups in total. The Morgan fingerprint density at radius 3 is 2.28 bits per heavy atom. The van der Waals surface area contributed by atoms with E-state index in [4.69, 9.17) is 23.2 Å². The topological polar surface area (TPSA) is 41.4 Å². The van der Waals surface area contributed by atoms with Gasteiger partial charge in [-0.15, -0.1) is 0 Å². The van der Waals surface area contributed by atoms with Crippen LogP contribution in [-0.4, -0.2) is 35.3 Å². The highest BCUT2D eigenvalue weighted by atomic mass is 35.5. The van der Waals surface area contributed by atoms with Gasteiger partial charge in [-0.05, 0) is 12.8 Å². The molecule has 0 bridgehead atoms. The van der Waals surface area contributed by atoms with Crippen LogP contribution >= 0.6 is 23.2 Å². The van der Waals surface area contributed by atoms with Crippen LogP contribution in [-0.2, 0) is 6.42 Å². The Bertz CT molecular complexity index is 396.